The average Bonchev–Trinajstić information content (AvgIpc) is 2.97. The average molecular weight is 297 g/mol. The van der Waals surface area contributed by atoms with Gasteiger partial charge < -0.3 is 9.64 Å². The molecule has 1 atom stereocenters. The van der Waals surface area contributed by atoms with Crippen LogP contribution in [0.3, 0.4) is 0 Å². The molecule has 0 amide bonds. The van der Waals surface area contributed by atoms with Crippen LogP contribution in [0.1, 0.15) is 12.0 Å². The molecule has 2 heterocycles. The summed E-state index contributed by atoms with van der Waals surface area (Å²) in [6.07, 6.45) is 2.66. The van der Waals surface area contributed by atoms with Crippen molar-refractivity contribution in [2.75, 3.05) is 18.0 Å². The van der Waals surface area contributed by atoms with E-state index in [0.29, 0.717) is 18.1 Å². The van der Waals surface area contributed by atoms with E-state index < -0.39 is 0 Å². The highest BCUT2D eigenvalue weighted by atomic mass is 19.1. The van der Waals surface area contributed by atoms with Crippen molar-refractivity contribution in [2.45, 2.75) is 19.4 Å². The minimum absolute atomic E-state index is 0.0267. The summed E-state index contributed by atoms with van der Waals surface area (Å²) in [6, 6.07) is 8.15. The Hall–Kier alpha value is -2.61. The van der Waals surface area contributed by atoms with E-state index >= 15 is 0 Å². The first-order valence-electron chi connectivity index (χ1n) is 7.17. The summed E-state index contributed by atoms with van der Waals surface area (Å²) in [5.41, 5.74) is 2.20. The fourth-order valence-electron chi connectivity index (χ4n) is 2.59. The monoisotopic (exact) mass is 297 g/mol. The van der Waals surface area contributed by atoms with Gasteiger partial charge in [-0.2, -0.15) is 0 Å². The topological polar surface area (TPSA) is 29.7 Å². The molecule has 0 unspecified atom stereocenters. The number of nitrogens with zero attached hydrogens (tertiary/aromatic N) is 3. The lowest BCUT2D eigenvalue weighted by atomic mass is 10.2. The molecule has 1 saturated heterocycles. The maximum atomic E-state index is 13.2. The number of hydrogen-bond donors (Lipinski definition) is 0. The number of benzene rings is 1. The highest BCUT2D eigenvalue weighted by Crippen LogP contribution is 2.32. The number of aryl methyl sites for hydroxylation is 1. The molecule has 3 rings (SSSR count). The largest absolute Gasteiger partial charge is 0.472 e. The van der Waals surface area contributed by atoms with Crippen molar-refractivity contribution in [3.8, 4) is 5.88 Å². The Labute approximate surface area is 129 Å². The van der Waals surface area contributed by atoms with E-state index in [4.69, 9.17) is 11.3 Å². The maximum Gasteiger partial charge on any atom is 0.213 e. The van der Waals surface area contributed by atoms with E-state index in [1.165, 1.54) is 12.1 Å². The predicted octanol–water partition coefficient (Wildman–Crippen LogP) is 3.74. The number of aromatic nitrogens is 1. The van der Waals surface area contributed by atoms with Crippen molar-refractivity contribution >= 4 is 11.4 Å². The molecule has 22 heavy (non-hydrogen) atoms. The van der Waals surface area contributed by atoms with Gasteiger partial charge in [0.2, 0.25) is 11.6 Å². The molecule has 2 aromatic rings. The number of anilines is 1. The van der Waals surface area contributed by atoms with Gasteiger partial charge in [-0.1, -0.05) is 6.07 Å². The van der Waals surface area contributed by atoms with Crippen LogP contribution >= 0.6 is 0 Å². The molecule has 0 spiro atoms. The molecule has 1 aliphatic rings. The Morgan fingerprint density at radius 1 is 1.36 bits per heavy atom. The van der Waals surface area contributed by atoms with Crippen LogP contribution in [0.25, 0.3) is 4.85 Å². The van der Waals surface area contributed by atoms with E-state index in [9.17, 15) is 4.39 Å². The highest BCUT2D eigenvalue weighted by molar-refractivity contribution is 5.71. The van der Waals surface area contributed by atoms with Crippen LogP contribution in [-0.4, -0.2) is 24.2 Å². The second-order valence-corrected chi connectivity index (χ2v) is 5.39. The lowest BCUT2D eigenvalue weighted by Gasteiger charge is -2.20. The number of pyridine rings is 1. The van der Waals surface area contributed by atoms with Crippen molar-refractivity contribution < 1.29 is 9.13 Å². The van der Waals surface area contributed by atoms with Gasteiger partial charge in [-0.05, 0) is 30.7 Å². The van der Waals surface area contributed by atoms with E-state index in [0.717, 1.165) is 24.2 Å². The molecular formula is C17H16FN3O. The van der Waals surface area contributed by atoms with Gasteiger partial charge in [-0.25, -0.2) is 14.2 Å². The van der Waals surface area contributed by atoms with Gasteiger partial charge in [-0.3, -0.25) is 0 Å². The Bertz CT molecular complexity index is 709. The fourth-order valence-corrected chi connectivity index (χ4v) is 2.59. The summed E-state index contributed by atoms with van der Waals surface area (Å²) < 4.78 is 19.1. The summed E-state index contributed by atoms with van der Waals surface area (Å²) in [7, 11) is 0. The summed E-state index contributed by atoms with van der Waals surface area (Å²) in [4.78, 5) is 9.72. The van der Waals surface area contributed by atoms with E-state index in [1.54, 1.807) is 12.3 Å². The molecule has 4 nitrogen and oxygen atoms in total. The maximum absolute atomic E-state index is 13.2. The summed E-state index contributed by atoms with van der Waals surface area (Å²) in [5, 5.41) is 0. The van der Waals surface area contributed by atoms with Crippen molar-refractivity contribution in [3.05, 3.63) is 59.3 Å². The van der Waals surface area contributed by atoms with Gasteiger partial charge in [0.15, 0.2) is 0 Å². The SMILES string of the molecule is [C-]#[N+]c1cc(F)ccc1N1CC[C@H](Oc2ccc(C)cn2)C1. The molecule has 1 aliphatic heterocycles. The highest BCUT2D eigenvalue weighted by Gasteiger charge is 2.26. The van der Waals surface area contributed by atoms with E-state index in [-0.39, 0.29) is 11.9 Å². The van der Waals surface area contributed by atoms with Crippen molar-refractivity contribution in [2.24, 2.45) is 0 Å². The minimum Gasteiger partial charge on any atom is -0.472 e. The van der Waals surface area contributed by atoms with Crippen LogP contribution in [-0.2, 0) is 0 Å². The van der Waals surface area contributed by atoms with Gasteiger partial charge in [0.05, 0.1) is 13.1 Å². The normalized spacial score (nSPS) is 17.3. The lowest BCUT2D eigenvalue weighted by Crippen LogP contribution is -2.24. The number of halogens is 1. The van der Waals surface area contributed by atoms with Crippen LogP contribution in [0.2, 0.25) is 0 Å². The van der Waals surface area contributed by atoms with Gasteiger partial charge in [0.1, 0.15) is 11.9 Å². The third-order valence-electron chi connectivity index (χ3n) is 3.72. The summed E-state index contributed by atoms with van der Waals surface area (Å²) >= 11 is 0. The second kappa shape index (κ2) is 6.02. The Kier molecular flexibility index (Phi) is 3.92. The Morgan fingerprint density at radius 3 is 2.95 bits per heavy atom. The van der Waals surface area contributed by atoms with Crippen molar-refractivity contribution in [1.29, 1.82) is 0 Å². The second-order valence-electron chi connectivity index (χ2n) is 5.39. The Morgan fingerprint density at radius 2 is 2.23 bits per heavy atom. The van der Waals surface area contributed by atoms with Crippen LogP contribution in [0.15, 0.2) is 36.5 Å². The van der Waals surface area contributed by atoms with E-state index in [1.807, 2.05) is 19.1 Å². The fraction of sp³-hybridized carbons (Fsp3) is 0.294. The summed E-state index contributed by atoms with van der Waals surface area (Å²) in [5.74, 6) is 0.229. The first-order valence-corrected chi connectivity index (χ1v) is 7.17. The van der Waals surface area contributed by atoms with Gasteiger partial charge >= 0.3 is 0 Å². The number of rotatable bonds is 3. The van der Waals surface area contributed by atoms with Gasteiger partial charge in [-0.15, -0.1) is 0 Å². The zero-order valence-electron chi connectivity index (χ0n) is 12.3. The molecular weight excluding hydrogens is 281 g/mol. The molecule has 0 N–H and O–H groups in total. The molecule has 1 aromatic heterocycles. The predicted molar refractivity (Wildman–Crippen MR) is 82.9 cm³/mol. The number of ether oxygens (including phenoxy) is 1. The van der Waals surface area contributed by atoms with Gasteiger partial charge in [0, 0.05) is 30.9 Å². The van der Waals surface area contributed by atoms with Crippen LogP contribution in [0.5, 0.6) is 5.88 Å². The first kappa shape index (κ1) is 14.3. The Balaban J connectivity index is 1.70. The smallest absolute Gasteiger partial charge is 0.213 e. The third-order valence-corrected chi connectivity index (χ3v) is 3.72. The first-order chi connectivity index (χ1) is 10.7. The lowest BCUT2D eigenvalue weighted by molar-refractivity contribution is 0.216. The zero-order chi connectivity index (χ0) is 15.5. The van der Waals surface area contributed by atoms with Crippen LogP contribution < -0.4 is 9.64 Å². The summed E-state index contributed by atoms with van der Waals surface area (Å²) in [6.45, 7) is 10.6. The molecule has 5 heteroatoms. The molecule has 0 aliphatic carbocycles. The number of hydrogen-bond acceptors (Lipinski definition) is 3. The molecule has 1 aromatic carbocycles. The molecule has 0 radical (unpaired) electrons. The quantitative estimate of drug-likeness (QED) is 0.808. The molecule has 0 saturated carbocycles. The third kappa shape index (κ3) is 3.01. The van der Waals surface area contributed by atoms with Crippen molar-refractivity contribution in [3.63, 3.8) is 0 Å². The van der Waals surface area contributed by atoms with Crippen molar-refractivity contribution in [1.82, 2.24) is 4.98 Å². The van der Waals surface area contributed by atoms with Crippen LogP contribution in [0, 0.1) is 19.3 Å². The van der Waals surface area contributed by atoms with Gasteiger partial charge in [0.25, 0.3) is 0 Å². The van der Waals surface area contributed by atoms with Crippen LogP contribution in [0.4, 0.5) is 15.8 Å². The van der Waals surface area contributed by atoms with E-state index in [2.05, 4.69) is 14.7 Å². The minimum atomic E-state index is -0.384. The molecule has 112 valence electrons. The molecule has 0 bridgehead atoms. The molecule has 1 fully saturated rings. The zero-order valence-corrected chi connectivity index (χ0v) is 12.3. The standard InChI is InChI=1S/C17H16FN3O/c1-12-3-6-17(20-10-12)22-14-7-8-21(11-14)16-5-4-13(18)9-15(16)19-2/h3-6,9-10,14H,7-8,11H2,1H3/t14-/m0/s1.